The predicted molar refractivity (Wildman–Crippen MR) is 48.1 cm³/mol. The van der Waals surface area contributed by atoms with Crippen molar-refractivity contribution in [3.05, 3.63) is 25.3 Å². The Balaban J connectivity index is 3.59. The van der Waals surface area contributed by atoms with Gasteiger partial charge in [-0.25, -0.2) is 4.79 Å². The second-order valence-electron chi connectivity index (χ2n) is 2.24. The molecule has 0 heterocycles. The van der Waals surface area contributed by atoms with Crippen molar-refractivity contribution in [3.63, 3.8) is 0 Å². The van der Waals surface area contributed by atoms with Crippen molar-refractivity contribution in [2.45, 2.75) is 12.7 Å². The summed E-state index contributed by atoms with van der Waals surface area (Å²) in [6.07, 6.45) is 0.611. The topological polar surface area (TPSA) is 72.8 Å². The molecule has 1 atom stereocenters. The van der Waals surface area contributed by atoms with E-state index in [9.17, 15) is 9.59 Å². The molecule has 0 amide bonds. The van der Waals surface area contributed by atoms with Crippen LogP contribution in [0.5, 0.6) is 0 Å². The number of hydrogen-bond acceptors (Lipinski definition) is 5. The Kier molecular flexibility index (Phi) is 6.06. The number of rotatable bonds is 6. The fourth-order valence-electron chi connectivity index (χ4n) is 0.536. The highest BCUT2D eigenvalue weighted by Gasteiger charge is 2.08. The van der Waals surface area contributed by atoms with Crippen molar-refractivity contribution in [3.8, 4) is 0 Å². The Labute approximate surface area is 81.6 Å². The van der Waals surface area contributed by atoms with Gasteiger partial charge in [-0.05, 0) is 6.08 Å². The van der Waals surface area contributed by atoms with Crippen molar-refractivity contribution in [2.24, 2.45) is 0 Å². The van der Waals surface area contributed by atoms with Gasteiger partial charge in [-0.15, -0.1) is 0 Å². The summed E-state index contributed by atoms with van der Waals surface area (Å²) in [5, 5.41) is 8.80. The third kappa shape index (κ3) is 5.96. The highest BCUT2D eigenvalue weighted by Crippen LogP contribution is 1.94. The van der Waals surface area contributed by atoms with Crippen molar-refractivity contribution in [2.75, 3.05) is 6.61 Å². The van der Waals surface area contributed by atoms with E-state index in [-0.39, 0.29) is 13.0 Å². The molecule has 0 aromatic carbocycles. The Morgan fingerprint density at radius 2 is 2.07 bits per heavy atom. The van der Waals surface area contributed by atoms with Crippen LogP contribution in [-0.4, -0.2) is 29.9 Å². The summed E-state index contributed by atoms with van der Waals surface area (Å²) >= 11 is 0. The maximum atomic E-state index is 10.8. The lowest BCUT2D eigenvalue weighted by Gasteiger charge is -2.07. The second kappa shape index (κ2) is 6.85. The number of hydrogen-bond donors (Lipinski definition) is 1. The Morgan fingerprint density at radius 3 is 2.57 bits per heavy atom. The first-order chi connectivity index (χ1) is 6.60. The van der Waals surface area contributed by atoms with Crippen LogP contribution in [0, 0.1) is 0 Å². The van der Waals surface area contributed by atoms with Gasteiger partial charge in [0.2, 0.25) is 6.29 Å². The van der Waals surface area contributed by atoms with Gasteiger partial charge in [-0.2, -0.15) is 0 Å². The van der Waals surface area contributed by atoms with Crippen LogP contribution in [0.2, 0.25) is 0 Å². The normalized spacial score (nSPS) is 11.2. The van der Waals surface area contributed by atoms with Gasteiger partial charge >= 0.3 is 11.9 Å². The molecule has 1 N–H and O–H groups in total. The summed E-state index contributed by atoms with van der Waals surface area (Å²) in [5.74, 6) is -1.28. The Morgan fingerprint density at radius 1 is 1.43 bits per heavy atom. The number of carbonyl (C=O) groups excluding carboxylic acids is 2. The predicted octanol–water partition coefficient (Wildman–Crippen LogP) is 0.153. The van der Waals surface area contributed by atoms with Gasteiger partial charge in [0.25, 0.3) is 0 Å². The summed E-state index contributed by atoms with van der Waals surface area (Å²) < 4.78 is 8.91. The molecule has 0 spiro atoms. The molecule has 14 heavy (non-hydrogen) atoms. The Bertz CT molecular complexity index is 233. The van der Waals surface area contributed by atoms with Crippen LogP contribution in [0.4, 0.5) is 0 Å². The molecule has 78 valence electrons. The number of esters is 2. The van der Waals surface area contributed by atoms with Gasteiger partial charge in [-0.1, -0.05) is 13.2 Å². The monoisotopic (exact) mass is 200 g/mol. The highest BCUT2D eigenvalue weighted by atomic mass is 16.6. The molecular formula is C9H12O5. The van der Waals surface area contributed by atoms with Gasteiger partial charge in [0.1, 0.15) is 6.61 Å². The molecular weight excluding hydrogens is 188 g/mol. The first-order valence-corrected chi connectivity index (χ1v) is 3.89. The van der Waals surface area contributed by atoms with Gasteiger partial charge < -0.3 is 14.6 Å². The van der Waals surface area contributed by atoms with E-state index in [4.69, 9.17) is 5.11 Å². The van der Waals surface area contributed by atoms with Gasteiger partial charge in [0.05, 0.1) is 6.42 Å². The van der Waals surface area contributed by atoms with Crippen LogP contribution < -0.4 is 0 Å². The largest absolute Gasteiger partial charge is 0.462 e. The molecule has 1 unspecified atom stereocenters. The third-order valence-electron chi connectivity index (χ3n) is 1.17. The lowest BCUT2D eigenvalue weighted by atomic mass is 10.4. The third-order valence-corrected chi connectivity index (χ3v) is 1.17. The molecule has 0 aliphatic rings. The minimum Gasteiger partial charge on any atom is -0.462 e. The zero-order chi connectivity index (χ0) is 11.0. The van der Waals surface area contributed by atoms with E-state index in [1.165, 1.54) is 0 Å². The number of aliphatic hydroxyl groups is 1. The SMILES string of the molecule is C=CC(=O)OCCC(=O)OC(O)C=C. The van der Waals surface area contributed by atoms with Crippen LogP contribution in [0.1, 0.15) is 6.42 Å². The number of carbonyl (C=O) groups is 2. The first kappa shape index (κ1) is 12.4. The minimum absolute atomic E-state index is 0.104. The zero-order valence-electron chi connectivity index (χ0n) is 7.64. The number of ether oxygens (including phenoxy) is 2. The smallest absolute Gasteiger partial charge is 0.330 e. The molecule has 0 rings (SSSR count). The minimum atomic E-state index is -1.32. The van der Waals surface area contributed by atoms with Crippen LogP contribution in [-0.2, 0) is 19.1 Å². The van der Waals surface area contributed by atoms with E-state index in [0.717, 1.165) is 12.2 Å². The summed E-state index contributed by atoms with van der Waals surface area (Å²) in [5.41, 5.74) is 0. The van der Waals surface area contributed by atoms with Crippen LogP contribution in [0.3, 0.4) is 0 Å². The van der Waals surface area contributed by atoms with E-state index in [1.54, 1.807) is 0 Å². The molecule has 0 bridgehead atoms. The van der Waals surface area contributed by atoms with Crippen molar-refractivity contribution < 1.29 is 24.2 Å². The fourth-order valence-corrected chi connectivity index (χ4v) is 0.536. The summed E-state index contributed by atoms with van der Waals surface area (Å²) in [4.78, 5) is 21.3. The molecule has 0 aromatic heterocycles. The van der Waals surface area contributed by atoms with Gasteiger partial charge in [0.15, 0.2) is 0 Å². The average molecular weight is 200 g/mol. The molecule has 0 aliphatic heterocycles. The summed E-state index contributed by atoms with van der Waals surface area (Å²) in [6, 6.07) is 0. The number of aliphatic hydroxyl groups excluding tert-OH is 1. The quantitative estimate of drug-likeness (QED) is 0.286. The summed E-state index contributed by atoms with van der Waals surface area (Å²) in [6.45, 7) is 6.28. The van der Waals surface area contributed by atoms with E-state index < -0.39 is 18.2 Å². The van der Waals surface area contributed by atoms with Crippen molar-refractivity contribution in [1.82, 2.24) is 0 Å². The Hall–Kier alpha value is -1.62. The van der Waals surface area contributed by atoms with Crippen LogP contribution in [0.15, 0.2) is 25.3 Å². The van der Waals surface area contributed by atoms with Crippen LogP contribution >= 0.6 is 0 Å². The molecule has 5 nitrogen and oxygen atoms in total. The fraction of sp³-hybridized carbons (Fsp3) is 0.333. The summed E-state index contributed by atoms with van der Waals surface area (Å²) in [7, 11) is 0. The van der Waals surface area contributed by atoms with Crippen molar-refractivity contribution >= 4 is 11.9 Å². The average Bonchev–Trinajstić information content (AvgIpc) is 2.17. The lowest BCUT2D eigenvalue weighted by Crippen LogP contribution is -2.17. The molecule has 0 saturated heterocycles. The van der Waals surface area contributed by atoms with Crippen molar-refractivity contribution in [1.29, 1.82) is 0 Å². The van der Waals surface area contributed by atoms with E-state index in [1.807, 2.05) is 0 Å². The molecule has 0 radical (unpaired) electrons. The maximum absolute atomic E-state index is 10.8. The maximum Gasteiger partial charge on any atom is 0.330 e. The standard InChI is InChI=1S/C9H12O5/c1-3-7(10)13-6-5-9(12)14-8(11)4-2/h3-4,8,11H,1-2,5-6H2. The van der Waals surface area contributed by atoms with E-state index in [0.29, 0.717) is 0 Å². The first-order valence-electron chi connectivity index (χ1n) is 3.89. The van der Waals surface area contributed by atoms with E-state index in [2.05, 4.69) is 22.6 Å². The van der Waals surface area contributed by atoms with Gasteiger partial charge in [-0.3, -0.25) is 4.79 Å². The van der Waals surface area contributed by atoms with Crippen LogP contribution in [0.25, 0.3) is 0 Å². The lowest BCUT2D eigenvalue weighted by molar-refractivity contribution is -0.162. The van der Waals surface area contributed by atoms with E-state index >= 15 is 0 Å². The zero-order valence-corrected chi connectivity index (χ0v) is 7.64. The molecule has 0 aliphatic carbocycles. The molecule has 0 aromatic rings. The van der Waals surface area contributed by atoms with Gasteiger partial charge in [0, 0.05) is 6.08 Å². The highest BCUT2D eigenvalue weighted by molar-refractivity contribution is 5.81. The second-order valence-corrected chi connectivity index (χ2v) is 2.24. The molecule has 5 heteroatoms. The molecule has 0 saturated carbocycles. The molecule has 0 fully saturated rings.